The van der Waals surface area contributed by atoms with Crippen LogP contribution >= 0.6 is 11.6 Å². The summed E-state index contributed by atoms with van der Waals surface area (Å²) in [6.45, 7) is 1.40. The Bertz CT molecular complexity index is 1140. The van der Waals surface area contributed by atoms with Gasteiger partial charge in [-0.2, -0.15) is 0 Å². The lowest BCUT2D eigenvalue weighted by molar-refractivity contribution is -0.140. The summed E-state index contributed by atoms with van der Waals surface area (Å²) in [5, 5.41) is 2.80. The van der Waals surface area contributed by atoms with Gasteiger partial charge in [-0.25, -0.2) is 12.8 Å². The topological polar surface area (TPSA) is 86.8 Å². The number of anilines is 1. The molecule has 1 aliphatic carbocycles. The molecule has 0 heterocycles. The van der Waals surface area contributed by atoms with E-state index in [1.54, 1.807) is 0 Å². The fraction of sp³-hybridized carbons (Fsp3) is 0.440. The van der Waals surface area contributed by atoms with E-state index < -0.39 is 34.3 Å². The van der Waals surface area contributed by atoms with Crippen molar-refractivity contribution < 1.29 is 22.4 Å². The predicted octanol–water partition coefficient (Wildman–Crippen LogP) is 4.11. The van der Waals surface area contributed by atoms with Gasteiger partial charge in [-0.05, 0) is 43.0 Å². The van der Waals surface area contributed by atoms with Gasteiger partial charge in [-0.1, -0.05) is 61.7 Å². The van der Waals surface area contributed by atoms with E-state index in [1.807, 2.05) is 37.3 Å². The van der Waals surface area contributed by atoms with E-state index in [1.165, 1.54) is 11.0 Å². The number of hydrogen-bond acceptors (Lipinski definition) is 4. The van der Waals surface area contributed by atoms with Crippen LogP contribution in [0.25, 0.3) is 0 Å². The quantitative estimate of drug-likeness (QED) is 0.507. The van der Waals surface area contributed by atoms with E-state index in [2.05, 4.69) is 5.32 Å². The molecule has 2 aromatic carbocycles. The third-order valence-electron chi connectivity index (χ3n) is 6.15. The molecule has 7 nitrogen and oxygen atoms in total. The van der Waals surface area contributed by atoms with E-state index in [4.69, 9.17) is 11.6 Å². The number of carbonyl (C=O) groups excluding carboxylic acids is 2. The summed E-state index contributed by atoms with van der Waals surface area (Å²) < 4.78 is 39.7. The molecule has 35 heavy (non-hydrogen) atoms. The lowest BCUT2D eigenvalue weighted by atomic mass is 10.1. The number of halogens is 2. The molecular weight excluding hydrogens is 493 g/mol. The standard InChI is InChI=1S/C25H31ClFN3O4S/c1-3-23(25(32)28-19-11-7-8-12-19)29(16-18-9-5-4-6-10-18)24(31)17-30(35(2,33)34)20-13-14-22(27)21(26)15-20/h4-6,9-10,13-15,19,23H,3,7-8,11-12,16-17H2,1-2H3,(H,28,32)/t23-/m0/s1. The van der Waals surface area contributed by atoms with Crippen molar-refractivity contribution in [1.29, 1.82) is 0 Å². The molecule has 2 aromatic rings. The second-order valence-corrected chi connectivity index (χ2v) is 11.1. The average Bonchev–Trinajstić information content (AvgIpc) is 3.32. The Morgan fingerprint density at radius 3 is 2.37 bits per heavy atom. The highest BCUT2D eigenvalue weighted by atomic mass is 35.5. The van der Waals surface area contributed by atoms with Crippen LogP contribution in [0.3, 0.4) is 0 Å². The molecule has 10 heteroatoms. The molecule has 0 saturated heterocycles. The lowest BCUT2D eigenvalue weighted by Crippen LogP contribution is -2.53. The number of hydrogen-bond donors (Lipinski definition) is 1. The molecular formula is C25H31ClFN3O4S. The van der Waals surface area contributed by atoms with Crippen molar-refractivity contribution in [3.05, 3.63) is 64.9 Å². The van der Waals surface area contributed by atoms with Crippen LogP contribution in [0, 0.1) is 5.82 Å². The summed E-state index contributed by atoms with van der Waals surface area (Å²) in [5.41, 5.74) is 0.874. The number of carbonyl (C=O) groups is 2. The molecule has 3 rings (SSSR count). The SMILES string of the molecule is CC[C@@H](C(=O)NC1CCCC1)N(Cc1ccccc1)C(=O)CN(c1ccc(F)c(Cl)c1)S(C)(=O)=O. The first-order valence-corrected chi connectivity index (χ1v) is 13.9. The molecule has 1 N–H and O–H groups in total. The number of amides is 2. The van der Waals surface area contributed by atoms with Crippen molar-refractivity contribution >= 4 is 39.1 Å². The van der Waals surface area contributed by atoms with Gasteiger partial charge in [0.1, 0.15) is 18.4 Å². The first kappa shape index (κ1) is 26.9. The summed E-state index contributed by atoms with van der Waals surface area (Å²) in [4.78, 5) is 28.2. The van der Waals surface area contributed by atoms with E-state index in [-0.39, 0.29) is 29.2 Å². The van der Waals surface area contributed by atoms with Crippen LogP contribution in [-0.4, -0.2) is 50.0 Å². The van der Waals surface area contributed by atoms with E-state index in [9.17, 15) is 22.4 Å². The van der Waals surface area contributed by atoms with Gasteiger partial charge in [0, 0.05) is 12.6 Å². The highest BCUT2D eigenvalue weighted by Gasteiger charge is 2.33. The number of benzene rings is 2. The maximum absolute atomic E-state index is 13.7. The summed E-state index contributed by atoms with van der Waals surface area (Å²) >= 11 is 5.87. The molecule has 1 fully saturated rings. The molecule has 2 amide bonds. The average molecular weight is 524 g/mol. The second-order valence-electron chi connectivity index (χ2n) is 8.79. The van der Waals surface area contributed by atoms with Crippen molar-refractivity contribution in [3.63, 3.8) is 0 Å². The van der Waals surface area contributed by atoms with Gasteiger partial charge in [-0.3, -0.25) is 13.9 Å². The summed E-state index contributed by atoms with van der Waals surface area (Å²) in [6, 6.07) is 12.0. The fourth-order valence-electron chi connectivity index (χ4n) is 4.32. The summed E-state index contributed by atoms with van der Waals surface area (Å²) in [7, 11) is -3.92. The summed E-state index contributed by atoms with van der Waals surface area (Å²) in [6.07, 6.45) is 5.24. The maximum atomic E-state index is 13.7. The number of rotatable bonds is 10. The lowest BCUT2D eigenvalue weighted by Gasteiger charge is -2.33. The first-order chi connectivity index (χ1) is 16.6. The zero-order valence-electron chi connectivity index (χ0n) is 19.9. The minimum absolute atomic E-state index is 0.0652. The van der Waals surface area contributed by atoms with Gasteiger partial charge in [0.2, 0.25) is 21.8 Å². The summed E-state index contributed by atoms with van der Waals surface area (Å²) in [5.74, 6) is -1.50. The molecule has 1 atom stereocenters. The normalized spacial score (nSPS) is 15.0. The minimum Gasteiger partial charge on any atom is -0.352 e. The van der Waals surface area contributed by atoms with Crippen LogP contribution in [0.1, 0.15) is 44.6 Å². The zero-order valence-corrected chi connectivity index (χ0v) is 21.5. The van der Waals surface area contributed by atoms with Gasteiger partial charge < -0.3 is 10.2 Å². The number of sulfonamides is 1. The number of nitrogens with zero attached hydrogens (tertiary/aromatic N) is 2. The van der Waals surface area contributed by atoms with Crippen molar-refractivity contribution in [2.24, 2.45) is 0 Å². The minimum atomic E-state index is -3.92. The third-order valence-corrected chi connectivity index (χ3v) is 7.58. The molecule has 1 aliphatic rings. The second kappa shape index (κ2) is 11.9. The number of nitrogens with one attached hydrogen (secondary N) is 1. The van der Waals surface area contributed by atoms with Crippen molar-refractivity contribution in [3.8, 4) is 0 Å². The largest absolute Gasteiger partial charge is 0.352 e. The fourth-order valence-corrected chi connectivity index (χ4v) is 5.34. The Hall–Kier alpha value is -2.65. The third kappa shape index (κ3) is 7.18. The van der Waals surface area contributed by atoms with Gasteiger partial charge in [0.25, 0.3) is 0 Å². The van der Waals surface area contributed by atoms with Crippen molar-refractivity contribution in [2.75, 3.05) is 17.1 Å². The molecule has 0 radical (unpaired) electrons. The molecule has 0 bridgehead atoms. The van der Waals surface area contributed by atoms with Gasteiger partial charge in [0.15, 0.2) is 0 Å². The van der Waals surface area contributed by atoms with E-state index in [0.717, 1.165) is 53.9 Å². The van der Waals surface area contributed by atoms with Crippen LogP contribution in [0.5, 0.6) is 0 Å². The van der Waals surface area contributed by atoms with Crippen LogP contribution in [0.2, 0.25) is 5.02 Å². The Labute approximate surface area is 211 Å². The Balaban J connectivity index is 1.91. The highest BCUT2D eigenvalue weighted by Crippen LogP contribution is 2.25. The molecule has 190 valence electrons. The van der Waals surface area contributed by atoms with Gasteiger partial charge in [0.05, 0.1) is 17.0 Å². The Morgan fingerprint density at radius 1 is 1.14 bits per heavy atom. The Kier molecular flexibility index (Phi) is 9.13. The van der Waals surface area contributed by atoms with Crippen LogP contribution in [-0.2, 0) is 26.2 Å². The predicted molar refractivity (Wildman–Crippen MR) is 135 cm³/mol. The maximum Gasteiger partial charge on any atom is 0.244 e. The molecule has 0 unspecified atom stereocenters. The van der Waals surface area contributed by atoms with E-state index >= 15 is 0 Å². The molecule has 1 saturated carbocycles. The zero-order chi connectivity index (χ0) is 25.6. The molecule has 0 spiro atoms. The molecule has 0 aromatic heterocycles. The van der Waals surface area contributed by atoms with Crippen molar-refractivity contribution in [1.82, 2.24) is 10.2 Å². The van der Waals surface area contributed by atoms with Crippen LogP contribution in [0.4, 0.5) is 10.1 Å². The van der Waals surface area contributed by atoms with E-state index in [0.29, 0.717) is 6.42 Å². The van der Waals surface area contributed by atoms with Gasteiger partial charge >= 0.3 is 0 Å². The first-order valence-electron chi connectivity index (χ1n) is 11.7. The van der Waals surface area contributed by atoms with Crippen LogP contribution < -0.4 is 9.62 Å². The van der Waals surface area contributed by atoms with Gasteiger partial charge in [-0.15, -0.1) is 0 Å². The Morgan fingerprint density at radius 2 is 1.80 bits per heavy atom. The highest BCUT2D eigenvalue weighted by molar-refractivity contribution is 7.92. The van der Waals surface area contributed by atoms with Crippen molar-refractivity contribution in [2.45, 2.75) is 57.7 Å². The smallest absolute Gasteiger partial charge is 0.244 e. The monoisotopic (exact) mass is 523 g/mol. The van der Waals surface area contributed by atoms with Crippen LogP contribution in [0.15, 0.2) is 48.5 Å². The molecule has 0 aliphatic heterocycles.